The number of rotatable bonds is 8. The summed E-state index contributed by atoms with van der Waals surface area (Å²) in [6.45, 7) is 4.25. The van der Waals surface area contributed by atoms with Crippen molar-refractivity contribution in [2.75, 3.05) is 5.75 Å². The van der Waals surface area contributed by atoms with Crippen molar-refractivity contribution in [1.82, 2.24) is 15.4 Å². The predicted molar refractivity (Wildman–Crippen MR) is 123 cm³/mol. The summed E-state index contributed by atoms with van der Waals surface area (Å²) in [5, 5.41) is 4.65. The number of aryl methyl sites for hydroxylation is 2. The van der Waals surface area contributed by atoms with Crippen LogP contribution in [0.4, 0.5) is 0 Å². The molecular weight excluding hydrogens is 464 g/mol. The van der Waals surface area contributed by atoms with Crippen molar-refractivity contribution >= 4 is 39.8 Å². The van der Waals surface area contributed by atoms with Crippen LogP contribution < -0.4 is 10.2 Å². The van der Waals surface area contributed by atoms with Gasteiger partial charge in [0.05, 0.1) is 12.0 Å². The van der Waals surface area contributed by atoms with E-state index in [1.165, 1.54) is 11.8 Å². The van der Waals surface area contributed by atoms with E-state index in [1.54, 1.807) is 6.21 Å². The second kappa shape index (κ2) is 10.9. The third-order valence-corrected chi connectivity index (χ3v) is 5.24. The van der Waals surface area contributed by atoms with Crippen molar-refractivity contribution in [1.29, 1.82) is 0 Å². The molecule has 0 spiro atoms. The van der Waals surface area contributed by atoms with Gasteiger partial charge in [-0.25, -0.2) is 15.4 Å². The highest BCUT2D eigenvalue weighted by atomic mass is 79.9. The molecule has 1 amide bonds. The van der Waals surface area contributed by atoms with Gasteiger partial charge in [0.1, 0.15) is 12.4 Å². The average Bonchev–Trinajstić information content (AvgIpc) is 2.72. The van der Waals surface area contributed by atoms with E-state index >= 15 is 0 Å². The highest BCUT2D eigenvalue weighted by molar-refractivity contribution is 9.10. The summed E-state index contributed by atoms with van der Waals surface area (Å²) >= 11 is 4.73. The minimum absolute atomic E-state index is 0.177. The Bertz CT molecular complexity index is 1020. The zero-order valence-electron chi connectivity index (χ0n) is 16.6. The summed E-state index contributed by atoms with van der Waals surface area (Å²) in [4.78, 5) is 20.7. The van der Waals surface area contributed by atoms with Gasteiger partial charge in [0.15, 0.2) is 5.16 Å². The molecule has 0 aliphatic rings. The largest absolute Gasteiger partial charge is 0.488 e. The molecule has 1 N–H and O–H groups in total. The van der Waals surface area contributed by atoms with Gasteiger partial charge >= 0.3 is 0 Å². The number of nitrogens with one attached hydrogen (secondary N) is 1. The molecule has 1 aromatic heterocycles. The van der Waals surface area contributed by atoms with Crippen LogP contribution in [0.5, 0.6) is 5.75 Å². The van der Waals surface area contributed by atoms with E-state index < -0.39 is 0 Å². The van der Waals surface area contributed by atoms with Gasteiger partial charge in [-0.2, -0.15) is 5.10 Å². The van der Waals surface area contributed by atoms with Crippen LogP contribution in [0.25, 0.3) is 0 Å². The lowest BCUT2D eigenvalue weighted by Gasteiger charge is -2.09. The molecule has 0 aliphatic carbocycles. The summed E-state index contributed by atoms with van der Waals surface area (Å²) < 4.78 is 6.81. The number of hydrazone groups is 1. The summed E-state index contributed by atoms with van der Waals surface area (Å²) in [6, 6.07) is 17.5. The zero-order valence-corrected chi connectivity index (χ0v) is 19.0. The number of carbonyl (C=O) groups excluding carboxylic acids is 1. The van der Waals surface area contributed by atoms with Crippen LogP contribution in [0.1, 0.15) is 22.5 Å². The number of hydrogen-bond donors (Lipinski definition) is 1. The van der Waals surface area contributed by atoms with Gasteiger partial charge in [0.2, 0.25) is 0 Å². The Morgan fingerprint density at radius 3 is 2.60 bits per heavy atom. The smallest absolute Gasteiger partial charge is 0.250 e. The Hall–Kier alpha value is -2.71. The van der Waals surface area contributed by atoms with Gasteiger partial charge in [0.25, 0.3) is 5.91 Å². The normalized spacial score (nSPS) is 10.9. The third-order valence-electron chi connectivity index (χ3n) is 3.90. The molecule has 30 heavy (non-hydrogen) atoms. The average molecular weight is 485 g/mol. The molecule has 3 aromatic rings. The molecule has 0 saturated carbocycles. The van der Waals surface area contributed by atoms with Gasteiger partial charge < -0.3 is 4.74 Å². The quantitative estimate of drug-likeness (QED) is 0.217. The summed E-state index contributed by atoms with van der Waals surface area (Å²) in [5.74, 6) is 0.620. The molecule has 0 aliphatic heterocycles. The van der Waals surface area contributed by atoms with Crippen LogP contribution in [0.3, 0.4) is 0 Å². The Morgan fingerprint density at radius 2 is 1.87 bits per heavy atom. The van der Waals surface area contributed by atoms with Crippen LogP contribution in [-0.2, 0) is 11.4 Å². The monoisotopic (exact) mass is 484 g/mol. The van der Waals surface area contributed by atoms with Gasteiger partial charge in [-0.1, -0.05) is 58.0 Å². The lowest BCUT2D eigenvalue weighted by Crippen LogP contribution is -2.20. The molecule has 0 unspecified atom stereocenters. The molecule has 3 rings (SSSR count). The number of hydrogen-bond acceptors (Lipinski definition) is 6. The SMILES string of the molecule is Cc1cc(C)nc(SCC(=O)N/N=C\c2cc(Br)ccc2OCc2ccccc2)n1. The maximum Gasteiger partial charge on any atom is 0.250 e. The second-order valence-electron chi connectivity index (χ2n) is 6.47. The van der Waals surface area contributed by atoms with Gasteiger partial charge in [-0.15, -0.1) is 0 Å². The van der Waals surface area contributed by atoms with Gasteiger partial charge in [-0.05, 0) is 43.7 Å². The Morgan fingerprint density at radius 1 is 1.13 bits per heavy atom. The minimum atomic E-state index is -0.235. The van der Waals surface area contributed by atoms with E-state index in [2.05, 4.69) is 36.4 Å². The Labute approximate surface area is 188 Å². The first kappa shape index (κ1) is 22.0. The minimum Gasteiger partial charge on any atom is -0.488 e. The second-order valence-corrected chi connectivity index (χ2v) is 8.33. The van der Waals surface area contributed by atoms with Crippen LogP contribution in [-0.4, -0.2) is 27.8 Å². The van der Waals surface area contributed by atoms with Crippen molar-refractivity contribution in [3.63, 3.8) is 0 Å². The third kappa shape index (κ3) is 6.96. The van der Waals surface area contributed by atoms with E-state index in [9.17, 15) is 4.79 Å². The molecular formula is C22H21BrN4O2S. The first-order chi connectivity index (χ1) is 14.5. The first-order valence-corrected chi connectivity index (χ1v) is 11.0. The van der Waals surface area contributed by atoms with Crippen molar-refractivity contribution in [3.05, 3.63) is 81.6 Å². The lowest BCUT2D eigenvalue weighted by molar-refractivity contribution is -0.118. The number of ether oxygens (including phenoxy) is 1. The van der Waals surface area contributed by atoms with Crippen molar-refractivity contribution in [2.45, 2.75) is 25.6 Å². The van der Waals surface area contributed by atoms with E-state index in [0.717, 1.165) is 27.0 Å². The molecule has 0 fully saturated rings. The number of amides is 1. The number of carbonyl (C=O) groups is 1. The van der Waals surface area contributed by atoms with Crippen LogP contribution in [0.2, 0.25) is 0 Å². The van der Waals surface area contributed by atoms with Crippen molar-refractivity contribution < 1.29 is 9.53 Å². The first-order valence-electron chi connectivity index (χ1n) is 9.23. The van der Waals surface area contributed by atoms with E-state index in [-0.39, 0.29) is 11.7 Å². The van der Waals surface area contributed by atoms with Crippen molar-refractivity contribution in [3.8, 4) is 5.75 Å². The molecule has 0 radical (unpaired) electrons. The Kier molecular flexibility index (Phi) is 7.98. The maximum absolute atomic E-state index is 12.1. The van der Waals surface area contributed by atoms with Crippen LogP contribution in [0, 0.1) is 13.8 Å². The molecule has 2 aromatic carbocycles. The molecule has 6 nitrogen and oxygen atoms in total. The molecule has 0 bridgehead atoms. The number of halogens is 1. The predicted octanol–water partition coefficient (Wildman–Crippen LogP) is 4.68. The lowest BCUT2D eigenvalue weighted by atomic mass is 10.2. The van der Waals surface area contributed by atoms with E-state index in [4.69, 9.17) is 4.74 Å². The summed E-state index contributed by atoms with van der Waals surface area (Å²) in [7, 11) is 0. The molecule has 0 atom stereocenters. The van der Waals surface area contributed by atoms with Gasteiger partial charge in [0, 0.05) is 21.4 Å². The number of thioether (sulfide) groups is 1. The fourth-order valence-corrected chi connectivity index (χ4v) is 3.70. The maximum atomic E-state index is 12.1. The summed E-state index contributed by atoms with van der Waals surface area (Å²) in [5.41, 5.74) is 6.11. The van der Waals surface area contributed by atoms with E-state index in [1.807, 2.05) is 68.4 Å². The number of benzene rings is 2. The number of aromatic nitrogens is 2. The zero-order chi connectivity index (χ0) is 21.3. The fraction of sp³-hybridized carbons (Fsp3) is 0.182. The fourth-order valence-electron chi connectivity index (χ4n) is 2.58. The topological polar surface area (TPSA) is 76.5 Å². The standard InChI is InChI=1S/C22H21BrN4O2S/c1-15-10-16(2)26-22(25-15)30-14-21(28)27-24-12-18-11-19(23)8-9-20(18)29-13-17-6-4-3-5-7-17/h3-12H,13-14H2,1-2H3,(H,27,28)/b24-12-. The van der Waals surface area contributed by atoms with Crippen LogP contribution >= 0.6 is 27.7 Å². The molecule has 1 heterocycles. The highest BCUT2D eigenvalue weighted by Crippen LogP contribution is 2.23. The van der Waals surface area contributed by atoms with Crippen LogP contribution in [0.15, 0.2) is 69.3 Å². The highest BCUT2D eigenvalue weighted by Gasteiger charge is 2.07. The molecule has 8 heteroatoms. The van der Waals surface area contributed by atoms with Gasteiger partial charge in [-0.3, -0.25) is 4.79 Å². The van der Waals surface area contributed by atoms with E-state index in [0.29, 0.717) is 17.5 Å². The molecule has 0 saturated heterocycles. The Balaban J connectivity index is 1.56. The molecule has 154 valence electrons. The van der Waals surface area contributed by atoms with Crippen molar-refractivity contribution in [2.24, 2.45) is 5.10 Å². The summed E-state index contributed by atoms with van der Waals surface area (Å²) in [6.07, 6.45) is 1.57. The number of nitrogens with zero attached hydrogens (tertiary/aromatic N) is 3.